The van der Waals surface area contributed by atoms with Gasteiger partial charge in [0, 0.05) is 10.4 Å². The van der Waals surface area contributed by atoms with Gasteiger partial charge < -0.3 is 14.4 Å². The quantitative estimate of drug-likeness (QED) is 0.620. The zero-order valence-electron chi connectivity index (χ0n) is 14.3. The van der Waals surface area contributed by atoms with E-state index in [4.69, 9.17) is 9.47 Å². The number of carbonyl (C=O) groups excluding carboxylic acids is 2. The molecule has 2 heterocycles. The van der Waals surface area contributed by atoms with Gasteiger partial charge in [-0.25, -0.2) is 4.79 Å². The normalized spacial score (nSPS) is 21.5. The molecule has 2 aliphatic heterocycles. The summed E-state index contributed by atoms with van der Waals surface area (Å²) in [6.07, 6.45) is 1.57. The summed E-state index contributed by atoms with van der Waals surface area (Å²) in [6.45, 7) is 6.32. The second-order valence-electron chi connectivity index (χ2n) is 7.09. The van der Waals surface area contributed by atoms with Crippen LogP contribution in [0.2, 0.25) is 0 Å². The van der Waals surface area contributed by atoms with E-state index in [9.17, 15) is 9.59 Å². The van der Waals surface area contributed by atoms with E-state index in [-0.39, 0.29) is 6.54 Å². The predicted octanol–water partition coefficient (Wildman–Crippen LogP) is 2.75. The minimum Gasteiger partial charge on any atom is -0.427 e. The number of carbonyl (C=O) groups is 2. The van der Waals surface area contributed by atoms with Crippen LogP contribution in [0.15, 0.2) is 23.1 Å². The Hall–Kier alpha value is -1.53. The number of esters is 1. The fourth-order valence-corrected chi connectivity index (χ4v) is 4.13. The number of benzene rings is 1. The van der Waals surface area contributed by atoms with Crippen LogP contribution in [0, 0.1) is 0 Å². The highest BCUT2D eigenvalue weighted by atomic mass is 32.2. The van der Waals surface area contributed by atoms with Crippen LogP contribution in [-0.4, -0.2) is 40.9 Å². The van der Waals surface area contributed by atoms with Gasteiger partial charge in [-0.2, -0.15) is 0 Å². The Bertz CT molecular complexity index is 653. The number of fused-ring (bicyclic) bond motifs is 1. The van der Waals surface area contributed by atoms with Gasteiger partial charge in [0.2, 0.25) is 6.29 Å². The van der Waals surface area contributed by atoms with Crippen LogP contribution >= 0.6 is 11.8 Å². The molecule has 1 saturated heterocycles. The van der Waals surface area contributed by atoms with Crippen molar-refractivity contribution in [2.45, 2.75) is 56.9 Å². The summed E-state index contributed by atoms with van der Waals surface area (Å²) in [6, 6.07) is 6.25. The Labute approximate surface area is 146 Å². The molecule has 2 aliphatic rings. The van der Waals surface area contributed by atoms with Gasteiger partial charge in [-0.15, -0.1) is 11.8 Å². The van der Waals surface area contributed by atoms with Crippen molar-refractivity contribution in [3.8, 4) is 0 Å². The fourth-order valence-electron chi connectivity index (χ4n) is 2.97. The van der Waals surface area contributed by atoms with Gasteiger partial charge in [0.05, 0.1) is 13.2 Å². The summed E-state index contributed by atoms with van der Waals surface area (Å²) in [5, 5.41) is 0. The molecule has 0 radical (unpaired) electrons. The number of amides is 1. The third-order valence-electron chi connectivity index (χ3n) is 4.24. The van der Waals surface area contributed by atoms with E-state index in [1.54, 1.807) is 0 Å². The van der Waals surface area contributed by atoms with Crippen molar-refractivity contribution in [1.29, 1.82) is 0 Å². The van der Waals surface area contributed by atoms with Crippen LogP contribution < -0.4 is 0 Å². The second-order valence-corrected chi connectivity index (χ2v) is 8.20. The Morgan fingerprint density at radius 3 is 2.88 bits per heavy atom. The number of morpholine rings is 1. The molecule has 0 N–H and O–H groups in total. The zero-order chi connectivity index (χ0) is 17.3. The van der Waals surface area contributed by atoms with Gasteiger partial charge in [0.1, 0.15) is 0 Å². The minimum atomic E-state index is -0.842. The third kappa shape index (κ3) is 3.59. The lowest BCUT2D eigenvalue weighted by Gasteiger charge is -2.40. The van der Waals surface area contributed by atoms with E-state index in [0.29, 0.717) is 6.61 Å². The Morgan fingerprint density at radius 2 is 2.12 bits per heavy atom. The standard InChI is InChI=1S/C18H23NO4S/c1-18(2,3)19-10-14(23-17(21)16(19)20)22-11-13-7-4-6-12-8-5-9-24-15(12)13/h4,6-7,14H,5,8-11H2,1-3H3. The molecular weight excluding hydrogens is 326 g/mol. The predicted molar refractivity (Wildman–Crippen MR) is 91.6 cm³/mol. The van der Waals surface area contributed by atoms with Crippen LogP contribution in [0.5, 0.6) is 0 Å². The topological polar surface area (TPSA) is 55.8 Å². The van der Waals surface area contributed by atoms with Crippen LogP contribution in [0.3, 0.4) is 0 Å². The molecule has 0 aliphatic carbocycles. The number of thioether (sulfide) groups is 1. The molecule has 6 heteroatoms. The summed E-state index contributed by atoms with van der Waals surface area (Å²) < 4.78 is 11.0. The summed E-state index contributed by atoms with van der Waals surface area (Å²) in [5.74, 6) is -0.324. The maximum atomic E-state index is 12.0. The van der Waals surface area contributed by atoms with E-state index in [1.807, 2.05) is 38.6 Å². The number of rotatable bonds is 3. The molecule has 3 rings (SSSR count). The average Bonchev–Trinajstić information content (AvgIpc) is 2.54. The molecule has 0 spiro atoms. The van der Waals surface area contributed by atoms with Gasteiger partial charge in [-0.1, -0.05) is 18.2 Å². The van der Waals surface area contributed by atoms with Gasteiger partial charge in [0.15, 0.2) is 0 Å². The fraction of sp³-hybridized carbons (Fsp3) is 0.556. The molecule has 1 aromatic carbocycles. The zero-order valence-corrected chi connectivity index (χ0v) is 15.1. The Kier molecular flexibility index (Phi) is 4.88. The molecule has 1 fully saturated rings. The van der Waals surface area contributed by atoms with Crippen LogP contribution in [0.25, 0.3) is 0 Å². The molecule has 1 atom stereocenters. The molecule has 130 valence electrons. The first kappa shape index (κ1) is 17.3. The van der Waals surface area contributed by atoms with Crippen LogP contribution in [-0.2, 0) is 32.1 Å². The highest BCUT2D eigenvalue weighted by Gasteiger charge is 2.40. The van der Waals surface area contributed by atoms with E-state index in [1.165, 1.54) is 21.8 Å². The van der Waals surface area contributed by atoms with Crippen molar-refractivity contribution in [3.63, 3.8) is 0 Å². The Balaban J connectivity index is 1.69. The molecule has 0 aromatic heterocycles. The highest BCUT2D eigenvalue weighted by Crippen LogP contribution is 2.33. The van der Waals surface area contributed by atoms with Gasteiger partial charge in [-0.05, 0) is 50.5 Å². The maximum absolute atomic E-state index is 12.0. The lowest BCUT2D eigenvalue weighted by Crippen LogP contribution is -2.57. The molecule has 0 bridgehead atoms. The summed E-state index contributed by atoms with van der Waals surface area (Å²) in [4.78, 5) is 26.6. The van der Waals surface area contributed by atoms with E-state index in [2.05, 4.69) is 12.1 Å². The number of cyclic esters (lactones) is 1. The van der Waals surface area contributed by atoms with Crippen molar-refractivity contribution >= 4 is 23.6 Å². The molecule has 1 amide bonds. The first-order valence-corrected chi connectivity index (χ1v) is 9.22. The lowest BCUT2D eigenvalue weighted by molar-refractivity contribution is -0.209. The number of ether oxygens (including phenoxy) is 2. The molecule has 1 aromatic rings. The highest BCUT2D eigenvalue weighted by molar-refractivity contribution is 7.99. The number of aryl methyl sites for hydroxylation is 1. The number of hydrogen-bond donors (Lipinski definition) is 0. The monoisotopic (exact) mass is 349 g/mol. The van der Waals surface area contributed by atoms with Crippen molar-refractivity contribution in [2.75, 3.05) is 12.3 Å². The molecule has 1 unspecified atom stereocenters. The van der Waals surface area contributed by atoms with Crippen molar-refractivity contribution < 1.29 is 19.1 Å². The van der Waals surface area contributed by atoms with Crippen LogP contribution in [0.4, 0.5) is 0 Å². The summed E-state index contributed by atoms with van der Waals surface area (Å²) >= 11 is 1.86. The van der Waals surface area contributed by atoms with Gasteiger partial charge in [-0.3, -0.25) is 4.79 Å². The van der Waals surface area contributed by atoms with Crippen molar-refractivity contribution in [3.05, 3.63) is 29.3 Å². The SMILES string of the molecule is CC(C)(C)N1CC(OCc2cccc3c2SCCC3)OC(=O)C1=O. The smallest absolute Gasteiger partial charge is 0.399 e. The molecule has 24 heavy (non-hydrogen) atoms. The largest absolute Gasteiger partial charge is 0.427 e. The second kappa shape index (κ2) is 6.76. The maximum Gasteiger partial charge on any atom is 0.399 e. The number of nitrogens with zero attached hydrogens (tertiary/aromatic N) is 1. The summed E-state index contributed by atoms with van der Waals surface area (Å²) in [7, 11) is 0. The van der Waals surface area contributed by atoms with Crippen molar-refractivity contribution in [1.82, 2.24) is 4.90 Å². The minimum absolute atomic E-state index is 0.260. The van der Waals surface area contributed by atoms with Crippen LogP contribution in [0.1, 0.15) is 38.3 Å². The third-order valence-corrected chi connectivity index (χ3v) is 5.55. The summed E-state index contributed by atoms with van der Waals surface area (Å²) in [5.41, 5.74) is 2.03. The van der Waals surface area contributed by atoms with Gasteiger partial charge in [0.25, 0.3) is 0 Å². The lowest BCUT2D eigenvalue weighted by atomic mass is 10.1. The number of hydrogen-bond acceptors (Lipinski definition) is 5. The molecule has 0 saturated carbocycles. The first-order chi connectivity index (χ1) is 11.4. The van der Waals surface area contributed by atoms with E-state index >= 15 is 0 Å². The molecule has 5 nitrogen and oxygen atoms in total. The van der Waals surface area contributed by atoms with Gasteiger partial charge >= 0.3 is 11.9 Å². The first-order valence-electron chi connectivity index (χ1n) is 8.24. The van der Waals surface area contributed by atoms with Crippen molar-refractivity contribution in [2.24, 2.45) is 0 Å². The average molecular weight is 349 g/mol. The molecular formula is C18H23NO4S. The Morgan fingerprint density at radius 1 is 1.33 bits per heavy atom. The van der Waals surface area contributed by atoms with E-state index < -0.39 is 23.7 Å². The van der Waals surface area contributed by atoms with E-state index in [0.717, 1.165) is 17.7 Å².